The molecule has 0 fully saturated rings. The van der Waals surface area contributed by atoms with Gasteiger partial charge in [-0.15, -0.1) is 6.58 Å². The number of quaternary nitrogens is 1. The maximum Gasteiger partial charge on any atom is 0.104 e. The van der Waals surface area contributed by atoms with Crippen molar-refractivity contribution >= 4 is 0 Å². The van der Waals surface area contributed by atoms with E-state index in [1.165, 1.54) is 18.7 Å². The summed E-state index contributed by atoms with van der Waals surface area (Å²) in [6.07, 6.45) is 3.11. The van der Waals surface area contributed by atoms with Gasteiger partial charge in [0.25, 0.3) is 0 Å². The van der Waals surface area contributed by atoms with Gasteiger partial charge in [0.15, 0.2) is 0 Å². The lowest BCUT2D eigenvalue weighted by Gasteiger charge is -2.33. The van der Waals surface area contributed by atoms with Crippen LogP contribution in [0.5, 0.6) is 0 Å². The summed E-state index contributed by atoms with van der Waals surface area (Å²) in [6.45, 7) is 9.51. The molecule has 0 heterocycles. The lowest BCUT2D eigenvalue weighted by Crippen LogP contribution is -3.00. The molecule has 90 valence electrons. The molecule has 1 unspecified atom stereocenters. The normalized spacial score (nSPS) is 13.6. The molecule has 0 amide bonds. The SMILES string of the molecule is C=CCC[N+](C)(CC)Cc1ccccc1.[Cl-]. The molecule has 1 aromatic carbocycles. The molecule has 0 aliphatic heterocycles. The molecule has 1 atom stereocenters. The lowest BCUT2D eigenvalue weighted by molar-refractivity contribution is -0.920. The number of hydrogen-bond acceptors (Lipinski definition) is 0. The average Bonchev–Trinajstić information content (AvgIpc) is 2.28. The maximum absolute atomic E-state index is 3.80. The standard InChI is InChI=1S/C14H22N.ClH/c1-4-6-12-15(3,5-2)13-14-10-8-7-9-11-14;/h4,7-11H,1,5-6,12-13H2,2-3H3;1H/q+1;/p-1. The first kappa shape index (κ1) is 15.2. The smallest absolute Gasteiger partial charge is 0.104 e. The summed E-state index contributed by atoms with van der Waals surface area (Å²) in [6, 6.07) is 10.7. The molecule has 16 heavy (non-hydrogen) atoms. The number of hydrogen-bond donors (Lipinski definition) is 0. The minimum Gasteiger partial charge on any atom is -1.00 e. The van der Waals surface area contributed by atoms with E-state index in [0.29, 0.717) is 0 Å². The van der Waals surface area contributed by atoms with Crippen LogP contribution in [0.15, 0.2) is 43.0 Å². The number of nitrogens with zero attached hydrogens (tertiary/aromatic N) is 1. The molecule has 0 saturated heterocycles. The van der Waals surface area contributed by atoms with Crippen molar-refractivity contribution in [3.8, 4) is 0 Å². The molecule has 1 aromatic rings. The van der Waals surface area contributed by atoms with E-state index in [1.807, 2.05) is 6.08 Å². The van der Waals surface area contributed by atoms with E-state index in [4.69, 9.17) is 0 Å². The second-order valence-corrected chi connectivity index (χ2v) is 4.38. The van der Waals surface area contributed by atoms with Crippen LogP contribution >= 0.6 is 0 Å². The molecule has 0 radical (unpaired) electrons. The van der Waals surface area contributed by atoms with Gasteiger partial charge in [0, 0.05) is 12.0 Å². The zero-order valence-electron chi connectivity index (χ0n) is 10.3. The summed E-state index contributed by atoms with van der Waals surface area (Å²) in [5.41, 5.74) is 1.42. The van der Waals surface area contributed by atoms with Gasteiger partial charge in [0.1, 0.15) is 6.54 Å². The number of benzene rings is 1. The molecule has 2 heteroatoms. The fourth-order valence-corrected chi connectivity index (χ4v) is 1.78. The van der Waals surface area contributed by atoms with Crippen LogP contribution in [0, 0.1) is 0 Å². The zero-order valence-corrected chi connectivity index (χ0v) is 11.1. The van der Waals surface area contributed by atoms with Gasteiger partial charge in [-0.3, -0.25) is 0 Å². The molecular formula is C14H22ClN. The van der Waals surface area contributed by atoms with Crippen LogP contribution in [-0.4, -0.2) is 24.6 Å². The summed E-state index contributed by atoms with van der Waals surface area (Å²) < 4.78 is 1.09. The van der Waals surface area contributed by atoms with E-state index in [0.717, 1.165) is 17.4 Å². The molecule has 1 nitrogen and oxygen atoms in total. The topological polar surface area (TPSA) is 0 Å². The Morgan fingerprint density at radius 3 is 2.38 bits per heavy atom. The molecule has 0 spiro atoms. The van der Waals surface area contributed by atoms with Gasteiger partial charge in [0.2, 0.25) is 0 Å². The van der Waals surface area contributed by atoms with Gasteiger partial charge in [-0.1, -0.05) is 36.4 Å². The first-order valence-corrected chi connectivity index (χ1v) is 5.68. The Hall–Kier alpha value is -0.790. The number of halogens is 1. The minimum atomic E-state index is 0. The van der Waals surface area contributed by atoms with Crippen molar-refractivity contribution < 1.29 is 16.9 Å². The monoisotopic (exact) mass is 239 g/mol. The van der Waals surface area contributed by atoms with E-state index in [-0.39, 0.29) is 12.4 Å². The highest BCUT2D eigenvalue weighted by Gasteiger charge is 2.18. The van der Waals surface area contributed by atoms with Gasteiger partial charge in [-0.2, -0.15) is 0 Å². The Morgan fingerprint density at radius 2 is 1.88 bits per heavy atom. The molecule has 1 rings (SSSR count). The zero-order chi connectivity index (χ0) is 11.1. The van der Waals surface area contributed by atoms with Crippen LogP contribution in [0.25, 0.3) is 0 Å². The summed E-state index contributed by atoms with van der Waals surface area (Å²) in [5.74, 6) is 0. The Labute approximate surface area is 106 Å². The van der Waals surface area contributed by atoms with Crippen molar-refractivity contribution in [1.82, 2.24) is 0 Å². The van der Waals surface area contributed by atoms with Crippen LogP contribution in [0.4, 0.5) is 0 Å². The Kier molecular flexibility index (Phi) is 7.11. The first-order chi connectivity index (χ1) is 7.20. The van der Waals surface area contributed by atoms with Crippen molar-refractivity contribution in [3.63, 3.8) is 0 Å². The third kappa shape index (κ3) is 4.82. The predicted molar refractivity (Wildman–Crippen MR) is 66.6 cm³/mol. The second kappa shape index (κ2) is 7.48. The summed E-state index contributed by atoms with van der Waals surface area (Å²) in [7, 11) is 2.32. The van der Waals surface area contributed by atoms with Crippen molar-refractivity contribution in [3.05, 3.63) is 48.6 Å². The van der Waals surface area contributed by atoms with Crippen LogP contribution in [0.2, 0.25) is 0 Å². The van der Waals surface area contributed by atoms with Crippen LogP contribution in [-0.2, 0) is 6.54 Å². The first-order valence-electron chi connectivity index (χ1n) is 5.68. The van der Waals surface area contributed by atoms with Crippen molar-refractivity contribution in [1.29, 1.82) is 0 Å². The molecule has 0 saturated carbocycles. The fraction of sp³-hybridized carbons (Fsp3) is 0.429. The van der Waals surface area contributed by atoms with E-state index in [9.17, 15) is 0 Å². The summed E-state index contributed by atoms with van der Waals surface area (Å²) in [5, 5.41) is 0. The largest absolute Gasteiger partial charge is 1.00 e. The van der Waals surface area contributed by atoms with Gasteiger partial charge < -0.3 is 16.9 Å². The fourth-order valence-electron chi connectivity index (χ4n) is 1.78. The van der Waals surface area contributed by atoms with E-state index in [2.05, 4.69) is 50.9 Å². The van der Waals surface area contributed by atoms with Crippen LogP contribution in [0.1, 0.15) is 18.9 Å². The highest BCUT2D eigenvalue weighted by molar-refractivity contribution is 5.13. The van der Waals surface area contributed by atoms with Crippen LogP contribution in [0.3, 0.4) is 0 Å². The Morgan fingerprint density at radius 1 is 1.25 bits per heavy atom. The van der Waals surface area contributed by atoms with Gasteiger partial charge in [-0.05, 0) is 6.92 Å². The molecular weight excluding hydrogens is 218 g/mol. The Balaban J connectivity index is 0.00000225. The summed E-state index contributed by atoms with van der Waals surface area (Å²) >= 11 is 0. The van der Waals surface area contributed by atoms with Gasteiger partial charge in [-0.25, -0.2) is 0 Å². The molecule has 0 N–H and O–H groups in total. The highest BCUT2D eigenvalue weighted by atomic mass is 35.5. The molecule has 0 aromatic heterocycles. The predicted octanol–water partition coefficient (Wildman–Crippen LogP) is 0.233. The molecule has 0 aliphatic rings. The third-order valence-corrected chi connectivity index (χ3v) is 3.04. The van der Waals surface area contributed by atoms with E-state index in [1.54, 1.807) is 0 Å². The average molecular weight is 240 g/mol. The van der Waals surface area contributed by atoms with Gasteiger partial charge in [0.05, 0.1) is 20.1 Å². The van der Waals surface area contributed by atoms with Crippen molar-refractivity contribution in [2.45, 2.75) is 19.9 Å². The van der Waals surface area contributed by atoms with E-state index >= 15 is 0 Å². The van der Waals surface area contributed by atoms with Crippen molar-refractivity contribution in [2.75, 3.05) is 20.1 Å². The highest BCUT2D eigenvalue weighted by Crippen LogP contribution is 2.12. The quantitative estimate of drug-likeness (QED) is 0.493. The van der Waals surface area contributed by atoms with Gasteiger partial charge >= 0.3 is 0 Å². The summed E-state index contributed by atoms with van der Waals surface area (Å²) in [4.78, 5) is 0. The lowest BCUT2D eigenvalue weighted by atomic mass is 10.2. The molecule has 0 bridgehead atoms. The third-order valence-electron chi connectivity index (χ3n) is 3.04. The van der Waals surface area contributed by atoms with Crippen molar-refractivity contribution in [2.24, 2.45) is 0 Å². The maximum atomic E-state index is 3.80. The van der Waals surface area contributed by atoms with E-state index < -0.39 is 0 Å². The number of rotatable bonds is 6. The van der Waals surface area contributed by atoms with Crippen LogP contribution < -0.4 is 12.4 Å². The minimum absolute atomic E-state index is 0. The Bertz CT molecular complexity index is 297. The molecule has 0 aliphatic carbocycles. The second-order valence-electron chi connectivity index (χ2n) is 4.38.